The molecule has 24 heavy (non-hydrogen) atoms. The fourth-order valence-corrected chi connectivity index (χ4v) is 3.41. The number of ether oxygens (including phenoxy) is 1. The van der Waals surface area contributed by atoms with E-state index in [0.29, 0.717) is 11.2 Å². The predicted molar refractivity (Wildman–Crippen MR) is 88.0 cm³/mol. The first-order valence-corrected chi connectivity index (χ1v) is 7.92. The van der Waals surface area contributed by atoms with Crippen LogP contribution in [0.5, 0.6) is 0 Å². The largest absolute Gasteiger partial charge is 0.441 e. The summed E-state index contributed by atoms with van der Waals surface area (Å²) >= 11 is 0. The smallest absolute Gasteiger partial charge is 0.407 e. The third kappa shape index (κ3) is 4.18. The minimum absolute atomic E-state index is 0. The highest BCUT2D eigenvalue weighted by Gasteiger charge is 2.45. The molecule has 0 radical (unpaired) electrons. The number of alkyl carbamates (subject to hydrolysis) is 1. The van der Waals surface area contributed by atoms with Crippen LogP contribution in [0.4, 0.5) is 4.79 Å². The van der Waals surface area contributed by atoms with E-state index < -0.39 is 6.09 Å². The van der Waals surface area contributed by atoms with E-state index in [0.717, 1.165) is 25.9 Å². The number of piperidine rings is 1. The molecule has 1 aromatic rings. The molecule has 1 aromatic heterocycles. The molecule has 2 fully saturated rings. The van der Waals surface area contributed by atoms with E-state index in [4.69, 9.17) is 9.26 Å². The lowest BCUT2D eigenvalue weighted by Crippen LogP contribution is -2.54. The van der Waals surface area contributed by atoms with Crippen molar-refractivity contribution in [2.75, 3.05) is 20.1 Å². The summed E-state index contributed by atoms with van der Waals surface area (Å²) < 4.78 is 10.1. The van der Waals surface area contributed by atoms with Crippen LogP contribution in [-0.2, 0) is 11.3 Å². The van der Waals surface area contributed by atoms with Crippen LogP contribution in [-0.4, -0.2) is 43.3 Å². The first kappa shape index (κ1) is 18.5. The van der Waals surface area contributed by atoms with Crippen molar-refractivity contribution in [3.8, 4) is 0 Å². The SMILES string of the molecule is CNC(=O)c1cc(COC(=O)NC2CC3(CCNCC3)C2)on1.Cl. The minimum atomic E-state index is -0.461. The summed E-state index contributed by atoms with van der Waals surface area (Å²) in [5.74, 6) is -0.00614. The van der Waals surface area contributed by atoms with E-state index in [-0.39, 0.29) is 36.7 Å². The van der Waals surface area contributed by atoms with Gasteiger partial charge in [-0.1, -0.05) is 5.16 Å². The van der Waals surface area contributed by atoms with Crippen LogP contribution in [0, 0.1) is 5.41 Å². The molecule has 1 aliphatic carbocycles. The van der Waals surface area contributed by atoms with Gasteiger partial charge in [0.05, 0.1) is 0 Å². The fraction of sp³-hybridized carbons (Fsp3) is 0.667. The molecule has 1 saturated heterocycles. The topological polar surface area (TPSA) is 105 Å². The summed E-state index contributed by atoms with van der Waals surface area (Å²) in [6.07, 6.45) is 3.94. The van der Waals surface area contributed by atoms with Crippen molar-refractivity contribution in [3.05, 3.63) is 17.5 Å². The van der Waals surface area contributed by atoms with Crippen molar-refractivity contribution in [1.29, 1.82) is 0 Å². The lowest BCUT2D eigenvalue weighted by molar-refractivity contribution is 0.0402. The molecular weight excluding hydrogens is 336 g/mol. The molecule has 2 heterocycles. The van der Waals surface area contributed by atoms with Gasteiger partial charge in [-0.15, -0.1) is 12.4 Å². The molecule has 3 N–H and O–H groups in total. The van der Waals surface area contributed by atoms with Crippen LogP contribution in [0.15, 0.2) is 10.6 Å². The second kappa shape index (κ2) is 7.85. The Kier molecular flexibility index (Phi) is 6.06. The number of halogens is 1. The molecule has 2 amide bonds. The molecule has 1 aliphatic heterocycles. The summed E-state index contributed by atoms with van der Waals surface area (Å²) in [7, 11) is 1.51. The van der Waals surface area contributed by atoms with Crippen molar-refractivity contribution >= 4 is 24.4 Å². The molecule has 3 rings (SSSR count). The van der Waals surface area contributed by atoms with Crippen molar-refractivity contribution in [2.24, 2.45) is 5.41 Å². The lowest BCUT2D eigenvalue weighted by atomic mass is 9.61. The first-order valence-electron chi connectivity index (χ1n) is 7.92. The molecule has 2 aliphatic rings. The highest BCUT2D eigenvalue weighted by Crippen LogP contribution is 2.47. The number of aromatic nitrogens is 1. The molecule has 8 nitrogen and oxygen atoms in total. The average Bonchev–Trinajstić information content (AvgIpc) is 3.00. The summed E-state index contributed by atoms with van der Waals surface area (Å²) in [5, 5.41) is 12.3. The highest BCUT2D eigenvalue weighted by molar-refractivity contribution is 5.91. The second-order valence-corrected chi connectivity index (χ2v) is 6.33. The molecule has 0 unspecified atom stereocenters. The Bertz CT molecular complexity index is 578. The number of hydrogen-bond donors (Lipinski definition) is 3. The van der Waals surface area contributed by atoms with Gasteiger partial charge in [0.2, 0.25) is 0 Å². The van der Waals surface area contributed by atoms with Gasteiger partial charge in [0.25, 0.3) is 5.91 Å². The summed E-state index contributed by atoms with van der Waals surface area (Å²) in [5.41, 5.74) is 0.578. The van der Waals surface area contributed by atoms with Crippen molar-refractivity contribution in [2.45, 2.75) is 38.3 Å². The molecule has 9 heteroatoms. The zero-order chi connectivity index (χ0) is 16.3. The number of nitrogens with one attached hydrogen (secondary N) is 3. The molecule has 1 spiro atoms. The lowest BCUT2D eigenvalue weighted by Gasteiger charge is -2.50. The second-order valence-electron chi connectivity index (χ2n) is 6.33. The molecule has 1 saturated carbocycles. The molecule has 0 atom stereocenters. The highest BCUT2D eigenvalue weighted by atomic mass is 35.5. The van der Waals surface area contributed by atoms with E-state index in [1.165, 1.54) is 26.0 Å². The molecule has 0 bridgehead atoms. The van der Waals surface area contributed by atoms with Crippen LogP contribution in [0.1, 0.15) is 41.9 Å². The third-order valence-corrected chi connectivity index (χ3v) is 4.71. The van der Waals surface area contributed by atoms with Gasteiger partial charge < -0.3 is 25.2 Å². The van der Waals surface area contributed by atoms with E-state index in [2.05, 4.69) is 21.1 Å². The van der Waals surface area contributed by atoms with Gasteiger partial charge in [0, 0.05) is 19.2 Å². The molecular formula is C15H23ClN4O4. The zero-order valence-corrected chi connectivity index (χ0v) is 14.4. The van der Waals surface area contributed by atoms with Gasteiger partial charge in [-0.2, -0.15) is 0 Å². The van der Waals surface area contributed by atoms with Gasteiger partial charge in [0.1, 0.15) is 0 Å². The maximum atomic E-state index is 11.8. The van der Waals surface area contributed by atoms with Crippen LogP contribution >= 0.6 is 12.4 Å². The van der Waals surface area contributed by atoms with Gasteiger partial charge >= 0.3 is 6.09 Å². The van der Waals surface area contributed by atoms with Crippen LogP contribution in [0.2, 0.25) is 0 Å². The number of carbonyl (C=O) groups is 2. The maximum Gasteiger partial charge on any atom is 0.407 e. The Morgan fingerprint density at radius 3 is 2.79 bits per heavy atom. The van der Waals surface area contributed by atoms with Gasteiger partial charge in [-0.25, -0.2) is 4.79 Å². The summed E-state index contributed by atoms with van der Waals surface area (Å²) in [6.45, 7) is 2.09. The number of hydrogen-bond acceptors (Lipinski definition) is 6. The molecule has 134 valence electrons. The number of carbonyl (C=O) groups excluding carboxylic acids is 2. The van der Waals surface area contributed by atoms with E-state index in [1.54, 1.807) is 0 Å². The zero-order valence-electron chi connectivity index (χ0n) is 13.6. The van der Waals surface area contributed by atoms with E-state index >= 15 is 0 Å². The third-order valence-electron chi connectivity index (χ3n) is 4.71. The maximum absolute atomic E-state index is 11.8. The minimum Gasteiger partial charge on any atom is -0.441 e. The van der Waals surface area contributed by atoms with Gasteiger partial charge in [0.15, 0.2) is 18.1 Å². The standard InChI is InChI=1S/C15H22N4O4.ClH/c1-16-13(20)12-6-11(23-19-12)9-22-14(21)18-10-7-15(8-10)2-4-17-5-3-15;/h6,10,17H,2-5,7-9H2,1H3,(H,16,20)(H,18,21);1H. The number of rotatable bonds is 4. The average molecular weight is 359 g/mol. The van der Waals surface area contributed by atoms with Crippen molar-refractivity contribution in [3.63, 3.8) is 0 Å². The summed E-state index contributed by atoms with van der Waals surface area (Å²) in [4.78, 5) is 23.1. The summed E-state index contributed by atoms with van der Waals surface area (Å²) in [6, 6.07) is 1.65. The van der Waals surface area contributed by atoms with Gasteiger partial charge in [-0.05, 0) is 44.2 Å². The van der Waals surface area contributed by atoms with E-state index in [9.17, 15) is 9.59 Å². The Morgan fingerprint density at radius 1 is 1.42 bits per heavy atom. The molecule has 0 aromatic carbocycles. The number of amides is 2. The Balaban J connectivity index is 0.00000208. The van der Waals surface area contributed by atoms with Crippen LogP contribution < -0.4 is 16.0 Å². The Morgan fingerprint density at radius 2 is 2.12 bits per heavy atom. The van der Waals surface area contributed by atoms with Crippen molar-refractivity contribution in [1.82, 2.24) is 21.1 Å². The van der Waals surface area contributed by atoms with Crippen molar-refractivity contribution < 1.29 is 18.8 Å². The quantitative estimate of drug-likeness (QED) is 0.747. The monoisotopic (exact) mass is 358 g/mol. The number of nitrogens with zero attached hydrogens (tertiary/aromatic N) is 1. The fourth-order valence-electron chi connectivity index (χ4n) is 3.41. The van der Waals surface area contributed by atoms with Crippen LogP contribution in [0.25, 0.3) is 0 Å². The Hall–Kier alpha value is -1.80. The van der Waals surface area contributed by atoms with Crippen LogP contribution in [0.3, 0.4) is 0 Å². The predicted octanol–water partition coefficient (Wildman–Crippen LogP) is 1.21. The Labute approximate surface area is 146 Å². The first-order chi connectivity index (χ1) is 11.1. The normalized spacial score (nSPS) is 19.0. The van der Waals surface area contributed by atoms with Gasteiger partial charge in [-0.3, -0.25) is 4.79 Å². The van der Waals surface area contributed by atoms with E-state index in [1.807, 2.05) is 0 Å².